The number of rotatable bonds is 3. The summed E-state index contributed by atoms with van der Waals surface area (Å²) in [6.07, 6.45) is 3.81. The van der Waals surface area contributed by atoms with Crippen molar-refractivity contribution in [1.82, 2.24) is 4.90 Å². The molecule has 0 aromatic heterocycles. The molecule has 5 heteroatoms. The van der Waals surface area contributed by atoms with Crippen molar-refractivity contribution < 1.29 is 4.79 Å². The van der Waals surface area contributed by atoms with Gasteiger partial charge in [0.05, 0.1) is 5.69 Å². The molecule has 3 nitrogen and oxygen atoms in total. The average Bonchev–Trinajstić information content (AvgIpc) is 2.74. The number of piperidine rings is 1. The molecule has 2 heterocycles. The summed E-state index contributed by atoms with van der Waals surface area (Å²) in [6.45, 7) is 5.08. The third-order valence-corrected chi connectivity index (χ3v) is 5.54. The Morgan fingerprint density at radius 2 is 2.05 bits per heavy atom. The fraction of sp³-hybridized carbons (Fsp3) is 0.500. The van der Waals surface area contributed by atoms with Gasteiger partial charge in [0.1, 0.15) is 9.57 Å². The minimum atomic E-state index is -0.0453. The van der Waals surface area contributed by atoms with Gasteiger partial charge in [0.15, 0.2) is 0 Å². The van der Waals surface area contributed by atoms with Crippen molar-refractivity contribution in [2.45, 2.75) is 31.4 Å². The molecule has 3 rings (SSSR count). The standard InChI is InChI=1S/C16H20N2OS2/c1-12-6-5-7-13(10-12)18-15(19)14(21-16(18)20)11-17-8-3-2-4-9-17/h5-7,10,14H,2-4,8-9,11H2,1H3. The lowest BCUT2D eigenvalue weighted by atomic mass is 10.1. The van der Waals surface area contributed by atoms with E-state index in [-0.39, 0.29) is 11.2 Å². The van der Waals surface area contributed by atoms with Gasteiger partial charge < -0.3 is 4.90 Å². The van der Waals surface area contributed by atoms with Crippen molar-refractivity contribution in [2.75, 3.05) is 24.5 Å². The van der Waals surface area contributed by atoms with Crippen molar-refractivity contribution in [3.63, 3.8) is 0 Å². The van der Waals surface area contributed by atoms with E-state index in [1.807, 2.05) is 31.2 Å². The number of benzene rings is 1. The molecule has 2 fully saturated rings. The predicted molar refractivity (Wildman–Crippen MR) is 92.9 cm³/mol. The summed E-state index contributed by atoms with van der Waals surface area (Å²) in [6, 6.07) is 7.99. The van der Waals surface area contributed by atoms with Crippen LogP contribution in [0.1, 0.15) is 24.8 Å². The van der Waals surface area contributed by atoms with Gasteiger partial charge in [0, 0.05) is 6.54 Å². The first kappa shape index (κ1) is 15.0. The van der Waals surface area contributed by atoms with Crippen LogP contribution in [0.25, 0.3) is 0 Å². The molecule has 1 amide bonds. The smallest absolute Gasteiger partial charge is 0.247 e. The number of amides is 1. The second-order valence-electron chi connectivity index (χ2n) is 5.75. The summed E-state index contributed by atoms with van der Waals surface area (Å²) < 4.78 is 0.688. The SMILES string of the molecule is Cc1cccc(N2C(=O)C(CN3CCCCC3)SC2=S)c1. The second-order valence-corrected chi connectivity index (χ2v) is 7.58. The Bertz CT molecular complexity index is 555. The molecule has 1 unspecified atom stereocenters. The first-order valence-electron chi connectivity index (χ1n) is 7.49. The van der Waals surface area contributed by atoms with Crippen LogP contribution in [0.5, 0.6) is 0 Å². The maximum absolute atomic E-state index is 12.7. The van der Waals surface area contributed by atoms with Gasteiger partial charge in [-0.05, 0) is 50.6 Å². The van der Waals surface area contributed by atoms with Gasteiger partial charge in [0.25, 0.3) is 0 Å². The lowest BCUT2D eigenvalue weighted by molar-refractivity contribution is -0.117. The largest absolute Gasteiger partial charge is 0.302 e. The fourth-order valence-corrected chi connectivity index (χ4v) is 4.53. The van der Waals surface area contributed by atoms with Crippen LogP contribution >= 0.6 is 24.0 Å². The number of aryl methyl sites for hydroxylation is 1. The van der Waals surface area contributed by atoms with E-state index >= 15 is 0 Å². The zero-order chi connectivity index (χ0) is 14.8. The van der Waals surface area contributed by atoms with Gasteiger partial charge in [-0.3, -0.25) is 9.69 Å². The number of nitrogens with zero attached hydrogens (tertiary/aromatic N) is 2. The highest BCUT2D eigenvalue weighted by atomic mass is 32.2. The molecule has 1 aromatic carbocycles. The Hall–Kier alpha value is -0.910. The number of likely N-dealkylation sites (tertiary alicyclic amines) is 1. The molecule has 0 radical (unpaired) electrons. The first-order chi connectivity index (χ1) is 10.1. The quantitative estimate of drug-likeness (QED) is 0.798. The number of hydrogen-bond donors (Lipinski definition) is 0. The van der Waals surface area contributed by atoms with E-state index < -0.39 is 0 Å². The molecule has 0 aliphatic carbocycles. The van der Waals surface area contributed by atoms with Gasteiger partial charge >= 0.3 is 0 Å². The minimum Gasteiger partial charge on any atom is -0.302 e. The monoisotopic (exact) mass is 320 g/mol. The number of carbonyl (C=O) groups excluding carboxylic acids is 1. The second kappa shape index (κ2) is 6.46. The Labute approximate surface area is 135 Å². The molecule has 0 spiro atoms. The van der Waals surface area contributed by atoms with E-state index in [1.165, 1.54) is 19.3 Å². The normalized spacial score (nSPS) is 23.9. The van der Waals surface area contributed by atoms with Crippen LogP contribution in [0.3, 0.4) is 0 Å². The van der Waals surface area contributed by atoms with E-state index in [4.69, 9.17) is 12.2 Å². The van der Waals surface area contributed by atoms with Crippen molar-refractivity contribution in [2.24, 2.45) is 0 Å². The summed E-state index contributed by atoms with van der Waals surface area (Å²) in [4.78, 5) is 16.8. The Morgan fingerprint density at radius 3 is 2.76 bits per heavy atom. The Morgan fingerprint density at radius 1 is 1.29 bits per heavy atom. The van der Waals surface area contributed by atoms with Crippen LogP contribution in [-0.2, 0) is 4.79 Å². The maximum atomic E-state index is 12.7. The number of thioether (sulfide) groups is 1. The summed E-state index contributed by atoms with van der Waals surface area (Å²) in [5.74, 6) is 0.140. The Balaban J connectivity index is 1.72. The summed E-state index contributed by atoms with van der Waals surface area (Å²) >= 11 is 6.98. The van der Waals surface area contributed by atoms with Crippen molar-refractivity contribution in [3.05, 3.63) is 29.8 Å². The van der Waals surface area contributed by atoms with Crippen molar-refractivity contribution >= 4 is 39.9 Å². The third-order valence-electron chi connectivity index (χ3n) is 4.05. The van der Waals surface area contributed by atoms with Gasteiger partial charge in [-0.15, -0.1) is 0 Å². The van der Waals surface area contributed by atoms with Crippen LogP contribution in [0, 0.1) is 6.92 Å². The van der Waals surface area contributed by atoms with E-state index in [0.717, 1.165) is 30.9 Å². The summed E-state index contributed by atoms with van der Waals surface area (Å²) in [5.41, 5.74) is 2.05. The van der Waals surface area contributed by atoms with E-state index in [9.17, 15) is 4.79 Å². The molecular formula is C16H20N2OS2. The van der Waals surface area contributed by atoms with Crippen LogP contribution in [0.4, 0.5) is 5.69 Å². The van der Waals surface area contributed by atoms with Crippen molar-refractivity contribution in [1.29, 1.82) is 0 Å². The lowest BCUT2D eigenvalue weighted by Crippen LogP contribution is -2.40. The summed E-state index contributed by atoms with van der Waals surface area (Å²) in [7, 11) is 0. The average molecular weight is 320 g/mol. The Kier molecular flexibility index (Phi) is 4.62. The molecule has 1 aromatic rings. The van der Waals surface area contributed by atoms with E-state index in [2.05, 4.69) is 4.90 Å². The maximum Gasteiger partial charge on any atom is 0.247 e. The molecular weight excluding hydrogens is 300 g/mol. The topological polar surface area (TPSA) is 23.6 Å². The highest BCUT2D eigenvalue weighted by Gasteiger charge is 2.38. The highest BCUT2D eigenvalue weighted by molar-refractivity contribution is 8.25. The third kappa shape index (κ3) is 3.30. The first-order valence-corrected chi connectivity index (χ1v) is 8.77. The van der Waals surface area contributed by atoms with Gasteiger partial charge in [-0.2, -0.15) is 0 Å². The van der Waals surface area contributed by atoms with Crippen LogP contribution in [-0.4, -0.2) is 40.0 Å². The van der Waals surface area contributed by atoms with Crippen LogP contribution < -0.4 is 4.90 Å². The van der Waals surface area contributed by atoms with Gasteiger partial charge in [-0.25, -0.2) is 0 Å². The summed E-state index contributed by atoms with van der Waals surface area (Å²) in [5, 5.41) is -0.0453. The molecule has 0 N–H and O–H groups in total. The van der Waals surface area contributed by atoms with Crippen LogP contribution in [0.2, 0.25) is 0 Å². The van der Waals surface area contributed by atoms with E-state index in [1.54, 1.807) is 16.7 Å². The molecule has 112 valence electrons. The fourth-order valence-electron chi connectivity index (χ4n) is 2.95. The zero-order valence-corrected chi connectivity index (χ0v) is 13.9. The molecule has 2 saturated heterocycles. The van der Waals surface area contributed by atoms with Gasteiger partial charge in [0.2, 0.25) is 5.91 Å². The highest BCUT2D eigenvalue weighted by Crippen LogP contribution is 2.33. The molecule has 2 aliphatic heterocycles. The van der Waals surface area contributed by atoms with Gasteiger partial charge in [-0.1, -0.05) is 42.5 Å². The molecule has 0 saturated carbocycles. The number of carbonyl (C=O) groups is 1. The number of anilines is 1. The predicted octanol–water partition coefficient (Wildman–Crippen LogP) is 3.21. The van der Waals surface area contributed by atoms with Crippen LogP contribution in [0.15, 0.2) is 24.3 Å². The number of thiocarbonyl (C=S) groups is 1. The molecule has 0 bridgehead atoms. The minimum absolute atomic E-state index is 0.0453. The molecule has 2 aliphatic rings. The van der Waals surface area contributed by atoms with E-state index in [0.29, 0.717) is 4.32 Å². The molecule has 1 atom stereocenters. The number of hydrogen-bond acceptors (Lipinski definition) is 4. The van der Waals surface area contributed by atoms with Crippen molar-refractivity contribution in [3.8, 4) is 0 Å². The lowest BCUT2D eigenvalue weighted by Gasteiger charge is -2.27. The zero-order valence-electron chi connectivity index (χ0n) is 12.2. The molecule has 21 heavy (non-hydrogen) atoms.